The van der Waals surface area contributed by atoms with Crippen LogP contribution in [0.5, 0.6) is 0 Å². The maximum absolute atomic E-state index is 9.99. The molecule has 0 amide bonds. The number of ether oxygens (including phenoxy) is 2. The smallest absolute Gasteiger partial charge is 0.188 e. The van der Waals surface area contributed by atoms with Crippen molar-refractivity contribution in [3.05, 3.63) is 12.3 Å². The topological polar surface area (TPSA) is 35.5 Å². The van der Waals surface area contributed by atoms with Crippen molar-refractivity contribution in [1.82, 2.24) is 0 Å². The zero-order chi connectivity index (χ0) is 10.5. The predicted octanol–water partition coefficient (Wildman–Crippen LogP) is 2.66. The average Bonchev–Trinajstić information content (AvgIpc) is 2.21. The first kappa shape index (κ1) is 13.2. The van der Waals surface area contributed by atoms with Crippen LogP contribution in [0.1, 0.15) is 39.0 Å². The Morgan fingerprint density at radius 2 is 1.93 bits per heavy atom. The molecule has 0 aliphatic carbocycles. The fourth-order valence-electron chi connectivity index (χ4n) is 0.973. The van der Waals surface area contributed by atoms with E-state index >= 15 is 0 Å². The van der Waals surface area contributed by atoms with Crippen molar-refractivity contribution >= 4 is 6.29 Å². The number of rotatable bonds is 10. The van der Waals surface area contributed by atoms with Crippen LogP contribution in [0, 0.1) is 0 Å². The van der Waals surface area contributed by atoms with E-state index in [2.05, 4.69) is 0 Å². The maximum atomic E-state index is 9.99. The summed E-state index contributed by atoms with van der Waals surface area (Å²) in [4.78, 5) is 9.99. The van der Waals surface area contributed by atoms with Gasteiger partial charge in [-0.1, -0.05) is 6.42 Å². The van der Waals surface area contributed by atoms with Gasteiger partial charge in [0.15, 0.2) is 6.79 Å². The Kier molecular flexibility index (Phi) is 11.4. The van der Waals surface area contributed by atoms with Gasteiger partial charge in [-0.2, -0.15) is 0 Å². The molecule has 0 aromatic carbocycles. The van der Waals surface area contributed by atoms with Gasteiger partial charge < -0.3 is 14.3 Å². The molecule has 0 rings (SSSR count). The molecule has 14 heavy (non-hydrogen) atoms. The molecule has 0 aromatic heterocycles. The van der Waals surface area contributed by atoms with Gasteiger partial charge in [0.1, 0.15) is 6.29 Å². The molecule has 0 saturated heterocycles. The minimum atomic E-state index is 0.331. The van der Waals surface area contributed by atoms with Crippen LogP contribution in [0.4, 0.5) is 0 Å². The van der Waals surface area contributed by atoms with Crippen LogP contribution in [-0.4, -0.2) is 19.7 Å². The highest BCUT2D eigenvalue weighted by Crippen LogP contribution is 2.02. The largest absolute Gasteiger partial charge is 0.475 e. The van der Waals surface area contributed by atoms with Gasteiger partial charge in [-0.25, -0.2) is 0 Å². The Morgan fingerprint density at radius 1 is 1.14 bits per heavy atom. The Hall–Kier alpha value is -0.830. The first-order valence-corrected chi connectivity index (χ1v) is 5.19. The molecule has 0 N–H and O–H groups in total. The lowest BCUT2D eigenvalue weighted by Gasteiger charge is -1.99. The monoisotopic (exact) mass is 200 g/mol. The van der Waals surface area contributed by atoms with E-state index in [-0.39, 0.29) is 0 Å². The molecule has 3 nitrogen and oxygen atoms in total. The fraction of sp³-hybridized carbons (Fsp3) is 0.727. The van der Waals surface area contributed by atoms with Crippen molar-refractivity contribution in [2.75, 3.05) is 13.4 Å². The lowest BCUT2D eigenvalue weighted by molar-refractivity contribution is -0.107. The first-order valence-electron chi connectivity index (χ1n) is 5.19. The van der Waals surface area contributed by atoms with E-state index in [4.69, 9.17) is 9.47 Å². The van der Waals surface area contributed by atoms with E-state index in [1.54, 1.807) is 6.26 Å². The van der Waals surface area contributed by atoms with Crippen LogP contribution in [0.2, 0.25) is 0 Å². The Labute approximate surface area is 86.1 Å². The van der Waals surface area contributed by atoms with Gasteiger partial charge in [0.2, 0.25) is 0 Å². The molecule has 0 radical (unpaired) electrons. The van der Waals surface area contributed by atoms with Gasteiger partial charge in [-0.3, -0.25) is 0 Å². The minimum Gasteiger partial charge on any atom is -0.475 e. The second kappa shape index (κ2) is 12.2. The Bertz CT molecular complexity index is 143. The standard InChI is InChI=1S/C11H20O3/c1-2-13-11-14-10-8-6-4-3-5-7-9-12/h8-10H,2-7,11H2,1H3. The molecule has 0 saturated carbocycles. The van der Waals surface area contributed by atoms with Crippen molar-refractivity contribution in [1.29, 1.82) is 0 Å². The van der Waals surface area contributed by atoms with E-state index in [1.165, 1.54) is 0 Å². The lowest BCUT2D eigenvalue weighted by Crippen LogP contribution is -1.93. The van der Waals surface area contributed by atoms with Gasteiger partial charge in [0, 0.05) is 13.0 Å². The van der Waals surface area contributed by atoms with Crippen molar-refractivity contribution in [3.63, 3.8) is 0 Å². The number of unbranched alkanes of at least 4 members (excludes halogenated alkanes) is 4. The van der Waals surface area contributed by atoms with Gasteiger partial charge in [-0.15, -0.1) is 0 Å². The summed E-state index contributed by atoms with van der Waals surface area (Å²) in [6.07, 6.45) is 9.54. The highest BCUT2D eigenvalue weighted by Gasteiger charge is 1.86. The number of carbonyl (C=O) groups is 1. The van der Waals surface area contributed by atoms with E-state index in [0.717, 1.165) is 32.0 Å². The molecular formula is C11H20O3. The van der Waals surface area contributed by atoms with Gasteiger partial charge in [0.25, 0.3) is 0 Å². The number of hydrogen-bond acceptors (Lipinski definition) is 3. The average molecular weight is 200 g/mol. The van der Waals surface area contributed by atoms with Crippen molar-refractivity contribution < 1.29 is 14.3 Å². The first-order chi connectivity index (χ1) is 6.91. The van der Waals surface area contributed by atoms with Crippen LogP contribution in [0.15, 0.2) is 12.3 Å². The van der Waals surface area contributed by atoms with Gasteiger partial charge in [-0.05, 0) is 32.3 Å². The van der Waals surface area contributed by atoms with Gasteiger partial charge >= 0.3 is 0 Å². The summed E-state index contributed by atoms with van der Waals surface area (Å²) in [6, 6.07) is 0. The van der Waals surface area contributed by atoms with E-state index in [9.17, 15) is 4.79 Å². The third kappa shape index (κ3) is 11.2. The zero-order valence-electron chi connectivity index (χ0n) is 8.91. The summed E-state index contributed by atoms with van der Waals surface area (Å²) in [5.41, 5.74) is 0. The molecule has 0 bridgehead atoms. The SMILES string of the molecule is CCOCOC=CCCCCCC=O. The Balaban J connectivity index is 2.99. The molecule has 82 valence electrons. The minimum absolute atomic E-state index is 0.331. The predicted molar refractivity (Wildman–Crippen MR) is 55.9 cm³/mol. The quantitative estimate of drug-likeness (QED) is 0.235. The van der Waals surface area contributed by atoms with Crippen molar-refractivity contribution in [3.8, 4) is 0 Å². The second-order valence-electron chi connectivity index (χ2n) is 2.95. The molecule has 0 unspecified atom stereocenters. The van der Waals surface area contributed by atoms with Crippen LogP contribution < -0.4 is 0 Å². The molecule has 0 spiro atoms. The van der Waals surface area contributed by atoms with E-state index in [1.807, 2.05) is 13.0 Å². The summed E-state index contributed by atoms with van der Waals surface area (Å²) in [7, 11) is 0. The van der Waals surface area contributed by atoms with Crippen LogP contribution in [0.3, 0.4) is 0 Å². The van der Waals surface area contributed by atoms with Crippen molar-refractivity contribution in [2.45, 2.75) is 39.0 Å². The zero-order valence-corrected chi connectivity index (χ0v) is 8.91. The molecule has 0 atom stereocenters. The van der Waals surface area contributed by atoms with Crippen LogP contribution >= 0.6 is 0 Å². The normalized spacial score (nSPS) is 10.6. The highest BCUT2D eigenvalue weighted by molar-refractivity contribution is 5.48. The molecule has 0 aromatic rings. The molecule has 0 fully saturated rings. The number of carbonyl (C=O) groups excluding carboxylic acids is 1. The molecule has 0 aliphatic heterocycles. The number of hydrogen-bond donors (Lipinski definition) is 0. The van der Waals surface area contributed by atoms with Crippen LogP contribution in [0.25, 0.3) is 0 Å². The van der Waals surface area contributed by atoms with E-state index in [0.29, 0.717) is 19.8 Å². The summed E-state index contributed by atoms with van der Waals surface area (Å²) in [5.74, 6) is 0. The summed E-state index contributed by atoms with van der Waals surface area (Å²) in [6.45, 7) is 2.94. The second-order valence-corrected chi connectivity index (χ2v) is 2.95. The number of allylic oxidation sites excluding steroid dienone is 1. The highest BCUT2D eigenvalue weighted by atomic mass is 16.7. The molecule has 0 heterocycles. The third-order valence-electron chi connectivity index (χ3n) is 1.74. The maximum Gasteiger partial charge on any atom is 0.188 e. The summed E-state index contributed by atoms with van der Waals surface area (Å²) in [5, 5.41) is 0. The summed E-state index contributed by atoms with van der Waals surface area (Å²) < 4.78 is 10.0. The third-order valence-corrected chi connectivity index (χ3v) is 1.74. The summed E-state index contributed by atoms with van der Waals surface area (Å²) >= 11 is 0. The molecular weight excluding hydrogens is 180 g/mol. The van der Waals surface area contributed by atoms with Crippen molar-refractivity contribution in [2.24, 2.45) is 0 Å². The Morgan fingerprint density at radius 3 is 2.64 bits per heavy atom. The van der Waals surface area contributed by atoms with Crippen LogP contribution in [-0.2, 0) is 14.3 Å². The number of aldehydes is 1. The molecule has 3 heteroatoms. The van der Waals surface area contributed by atoms with Gasteiger partial charge in [0.05, 0.1) is 6.26 Å². The fourth-order valence-corrected chi connectivity index (χ4v) is 0.973. The molecule has 0 aliphatic rings. The van der Waals surface area contributed by atoms with E-state index < -0.39 is 0 Å². The lowest BCUT2D eigenvalue weighted by atomic mass is 10.1.